The van der Waals surface area contributed by atoms with Gasteiger partial charge < -0.3 is 9.53 Å². The molecule has 0 N–H and O–H groups in total. The minimum Gasteiger partial charge on any atom is -0.458 e. The summed E-state index contributed by atoms with van der Waals surface area (Å²) in [6.45, 7) is 8.50. The summed E-state index contributed by atoms with van der Waals surface area (Å²) in [5.74, 6) is -0.186. The van der Waals surface area contributed by atoms with Crippen LogP contribution in [0.15, 0.2) is 36.0 Å². The molecule has 4 heteroatoms. The minimum absolute atomic E-state index is 0.00779. The molecule has 1 heterocycles. The molecule has 24 heavy (non-hydrogen) atoms. The number of cyclic esters (lactones) is 1. The van der Waals surface area contributed by atoms with Crippen LogP contribution in [0.25, 0.3) is 0 Å². The maximum Gasteiger partial charge on any atom is 0.338 e. The van der Waals surface area contributed by atoms with Crippen LogP contribution in [0.3, 0.4) is 0 Å². The van der Waals surface area contributed by atoms with Gasteiger partial charge in [0.15, 0.2) is 0 Å². The zero-order chi connectivity index (χ0) is 17.5. The summed E-state index contributed by atoms with van der Waals surface area (Å²) in [4.78, 5) is 35.8. The van der Waals surface area contributed by atoms with Crippen molar-refractivity contribution in [1.29, 1.82) is 0 Å². The van der Waals surface area contributed by atoms with E-state index in [1.165, 1.54) is 0 Å². The van der Waals surface area contributed by atoms with E-state index in [2.05, 4.69) is 13.5 Å². The smallest absolute Gasteiger partial charge is 0.338 e. The molecule has 1 aliphatic heterocycles. The molecule has 3 aliphatic rings. The van der Waals surface area contributed by atoms with Gasteiger partial charge in [0.2, 0.25) is 0 Å². The molecule has 1 unspecified atom stereocenters. The predicted octanol–water partition coefficient (Wildman–Crippen LogP) is 3.18. The third-order valence-electron chi connectivity index (χ3n) is 6.38. The highest BCUT2D eigenvalue weighted by atomic mass is 16.5. The average Bonchev–Trinajstić information content (AvgIpc) is 2.96. The number of ether oxygens (including phenoxy) is 1. The van der Waals surface area contributed by atoms with Gasteiger partial charge in [-0.25, -0.2) is 4.79 Å². The summed E-state index contributed by atoms with van der Waals surface area (Å²) in [5.41, 5.74) is 0.571. The number of hydrogen-bond donors (Lipinski definition) is 0. The van der Waals surface area contributed by atoms with E-state index in [0.29, 0.717) is 18.6 Å². The Balaban J connectivity index is 1.95. The third-order valence-corrected chi connectivity index (χ3v) is 6.38. The Labute approximate surface area is 142 Å². The summed E-state index contributed by atoms with van der Waals surface area (Å²) >= 11 is 0. The molecule has 2 fully saturated rings. The summed E-state index contributed by atoms with van der Waals surface area (Å²) < 4.78 is 4.93. The Morgan fingerprint density at radius 1 is 1.29 bits per heavy atom. The SMILES string of the molecule is C=C1CCC2[C@](C)(CCC(=O)[C@@]2(C)C=O)[C@@H]1C=CC1=CCOC1=O. The lowest BCUT2D eigenvalue weighted by molar-refractivity contribution is -0.150. The van der Waals surface area contributed by atoms with Gasteiger partial charge in [-0.1, -0.05) is 31.2 Å². The molecule has 0 spiro atoms. The van der Waals surface area contributed by atoms with Gasteiger partial charge in [0.25, 0.3) is 0 Å². The Bertz CT molecular complexity index is 671. The Hall–Kier alpha value is -1.97. The molecule has 0 amide bonds. The molecule has 4 atom stereocenters. The van der Waals surface area contributed by atoms with Crippen LogP contribution in [-0.2, 0) is 19.1 Å². The number of aldehydes is 1. The van der Waals surface area contributed by atoms with Crippen LogP contribution in [0.4, 0.5) is 0 Å². The monoisotopic (exact) mass is 328 g/mol. The fourth-order valence-electron chi connectivity index (χ4n) is 4.87. The van der Waals surface area contributed by atoms with E-state index in [4.69, 9.17) is 4.74 Å². The number of carbonyl (C=O) groups is 3. The van der Waals surface area contributed by atoms with E-state index in [-0.39, 0.29) is 29.0 Å². The summed E-state index contributed by atoms with van der Waals surface area (Å²) in [6, 6.07) is 0. The summed E-state index contributed by atoms with van der Waals surface area (Å²) in [6.07, 6.45) is 9.23. The second-order valence-corrected chi connectivity index (χ2v) is 7.67. The number of allylic oxidation sites excluding steroid dienone is 2. The van der Waals surface area contributed by atoms with E-state index < -0.39 is 5.41 Å². The number of hydrogen-bond acceptors (Lipinski definition) is 4. The first kappa shape index (κ1) is 16.9. The Morgan fingerprint density at radius 2 is 2.04 bits per heavy atom. The average molecular weight is 328 g/mol. The van der Waals surface area contributed by atoms with Crippen molar-refractivity contribution in [2.45, 2.75) is 39.5 Å². The van der Waals surface area contributed by atoms with Crippen molar-refractivity contribution in [2.24, 2.45) is 22.7 Å². The lowest BCUT2D eigenvalue weighted by atomic mass is 9.47. The maximum atomic E-state index is 12.4. The first-order valence-corrected chi connectivity index (χ1v) is 8.55. The Kier molecular flexibility index (Phi) is 4.10. The quantitative estimate of drug-likeness (QED) is 0.345. The highest BCUT2D eigenvalue weighted by Gasteiger charge is 2.57. The molecule has 0 aromatic heterocycles. The van der Waals surface area contributed by atoms with Crippen LogP contribution < -0.4 is 0 Å². The van der Waals surface area contributed by atoms with Crippen molar-refractivity contribution < 1.29 is 19.1 Å². The standard InChI is InChI=1S/C20H24O4/c1-13-4-7-16-19(2,10-8-17(22)20(16,3)12-21)15(13)6-5-14-9-11-24-18(14)23/h5-6,9,12,15-16H,1,4,7-8,10-11H2,2-3H3/t15-,16?,19-,20+/m1/s1. The van der Waals surface area contributed by atoms with Crippen molar-refractivity contribution >= 4 is 18.0 Å². The molecular weight excluding hydrogens is 304 g/mol. The highest BCUT2D eigenvalue weighted by molar-refractivity contribution is 5.99. The van der Waals surface area contributed by atoms with Gasteiger partial charge in [0.1, 0.15) is 18.7 Å². The van der Waals surface area contributed by atoms with E-state index in [0.717, 1.165) is 31.1 Å². The normalized spacial score (nSPS) is 39.6. The van der Waals surface area contributed by atoms with Crippen LogP contribution in [0.2, 0.25) is 0 Å². The molecular formula is C20H24O4. The molecule has 0 aromatic rings. The van der Waals surface area contributed by atoms with Gasteiger partial charge in [-0.15, -0.1) is 0 Å². The largest absolute Gasteiger partial charge is 0.458 e. The van der Waals surface area contributed by atoms with Gasteiger partial charge in [0.05, 0.1) is 11.0 Å². The molecule has 2 saturated carbocycles. The van der Waals surface area contributed by atoms with Gasteiger partial charge in [-0.05, 0) is 43.6 Å². The molecule has 0 bridgehead atoms. The fourth-order valence-corrected chi connectivity index (χ4v) is 4.87. The van der Waals surface area contributed by atoms with Crippen LogP contribution in [-0.4, -0.2) is 24.6 Å². The second kappa shape index (κ2) is 5.83. The van der Waals surface area contributed by atoms with Crippen molar-refractivity contribution in [2.75, 3.05) is 6.61 Å². The summed E-state index contributed by atoms with van der Waals surface area (Å²) in [7, 11) is 0. The third kappa shape index (κ3) is 2.40. The molecule has 4 nitrogen and oxygen atoms in total. The number of rotatable bonds is 3. The van der Waals surface area contributed by atoms with Gasteiger partial charge in [0, 0.05) is 12.3 Å². The van der Waals surface area contributed by atoms with Crippen molar-refractivity contribution in [3.05, 3.63) is 36.0 Å². The van der Waals surface area contributed by atoms with E-state index in [1.807, 2.05) is 12.2 Å². The zero-order valence-corrected chi connectivity index (χ0v) is 14.3. The number of Topliss-reactive ketones (excluding diaryl/α,β-unsaturated/α-hetero) is 1. The van der Waals surface area contributed by atoms with E-state index in [1.54, 1.807) is 13.0 Å². The first-order chi connectivity index (χ1) is 11.3. The van der Waals surface area contributed by atoms with Crippen LogP contribution in [0.5, 0.6) is 0 Å². The van der Waals surface area contributed by atoms with Crippen molar-refractivity contribution in [3.63, 3.8) is 0 Å². The van der Waals surface area contributed by atoms with Crippen molar-refractivity contribution in [3.8, 4) is 0 Å². The number of ketones is 1. The van der Waals surface area contributed by atoms with Crippen LogP contribution in [0, 0.1) is 22.7 Å². The second-order valence-electron chi connectivity index (χ2n) is 7.67. The lowest BCUT2D eigenvalue weighted by Gasteiger charge is -2.55. The molecule has 128 valence electrons. The molecule has 0 saturated heterocycles. The topological polar surface area (TPSA) is 60.4 Å². The molecule has 3 rings (SSSR count). The van der Waals surface area contributed by atoms with Crippen LogP contribution >= 0.6 is 0 Å². The van der Waals surface area contributed by atoms with Gasteiger partial charge >= 0.3 is 5.97 Å². The fraction of sp³-hybridized carbons (Fsp3) is 0.550. The minimum atomic E-state index is -0.911. The van der Waals surface area contributed by atoms with E-state index in [9.17, 15) is 14.4 Å². The van der Waals surface area contributed by atoms with Crippen LogP contribution in [0.1, 0.15) is 39.5 Å². The maximum absolute atomic E-state index is 12.4. The summed E-state index contributed by atoms with van der Waals surface area (Å²) in [5, 5.41) is 0. The molecule has 0 aromatic carbocycles. The number of esters is 1. The Morgan fingerprint density at radius 3 is 2.67 bits per heavy atom. The lowest BCUT2D eigenvalue weighted by Crippen LogP contribution is -2.54. The zero-order valence-electron chi connectivity index (χ0n) is 14.3. The predicted molar refractivity (Wildman–Crippen MR) is 90.1 cm³/mol. The number of carbonyl (C=O) groups excluding carboxylic acids is 3. The number of fused-ring (bicyclic) bond motifs is 1. The first-order valence-electron chi connectivity index (χ1n) is 8.55. The van der Waals surface area contributed by atoms with Gasteiger partial charge in [-0.3, -0.25) is 4.79 Å². The van der Waals surface area contributed by atoms with E-state index >= 15 is 0 Å². The molecule has 0 radical (unpaired) electrons. The van der Waals surface area contributed by atoms with Gasteiger partial charge in [-0.2, -0.15) is 0 Å². The highest BCUT2D eigenvalue weighted by Crippen LogP contribution is 2.59. The molecule has 2 aliphatic carbocycles. The van der Waals surface area contributed by atoms with Crippen molar-refractivity contribution in [1.82, 2.24) is 0 Å².